The molecule has 2 N–H and O–H groups in total. The van der Waals surface area contributed by atoms with Gasteiger partial charge in [0.15, 0.2) is 0 Å². The molecule has 0 spiro atoms. The zero-order valence-electron chi connectivity index (χ0n) is 20.2. The number of nitrogens with one attached hydrogen (secondary N) is 2. The van der Waals surface area contributed by atoms with E-state index in [-0.39, 0.29) is 5.91 Å². The van der Waals surface area contributed by atoms with Crippen LogP contribution in [0.4, 0.5) is 19.0 Å². The average Bonchev–Trinajstić information content (AvgIpc) is 2.81. The molecule has 0 fully saturated rings. The van der Waals surface area contributed by atoms with Crippen LogP contribution in [0, 0.1) is 19.8 Å². The SMILES string of the molecule is Cc1cncc(-c2ccc(C)cc2C(=O)NCCCC(C)CCNc2ccc(C(F)(F)F)cn2)c1. The van der Waals surface area contributed by atoms with Crippen LogP contribution in [0.3, 0.4) is 0 Å². The van der Waals surface area contributed by atoms with Gasteiger partial charge in [0, 0.05) is 42.8 Å². The van der Waals surface area contributed by atoms with Gasteiger partial charge in [0.25, 0.3) is 5.91 Å². The molecule has 2 heterocycles. The summed E-state index contributed by atoms with van der Waals surface area (Å²) >= 11 is 0. The Bertz CT molecular complexity index is 1130. The van der Waals surface area contributed by atoms with Gasteiger partial charge in [-0.05, 0) is 74.4 Å². The Hall–Kier alpha value is -3.42. The van der Waals surface area contributed by atoms with E-state index in [0.29, 0.717) is 30.4 Å². The number of alkyl halides is 3. The summed E-state index contributed by atoms with van der Waals surface area (Å²) in [5.41, 5.74) is 3.71. The van der Waals surface area contributed by atoms with E-state index in [4.69, 9.17) is 0 Å². The van der Waals surface area contributed by atoms with E-state index in [1.54, 1.807) is 12.4 Å². The van der Waals surface area contributed by atoms with Crippen molar-refractivity contribution in [2.24, 2.45) is 5.92 Å². The number of pyridine rings is 2. The molecule has 0 radical (unpaired) electrons. The number of aromatic nitrogens is 2. The Morgan fingerprint density at radius 3 is 2.46 bits per heavy atom. The molecule has 1 atom stereocenters. The standard InChI is InChI=1S/C27H31F3N4O/c1-18(10-12-32-25-9-7-22(17-34-25)27(28,29)30)5-4-11-33-26(35)24-14-19(2)6-8-23(24)21-13-20(3)15-31-16-21/h6-9,13-18H,4-5,10-12H2,1-3H3,(H,32,34)(H,33,35). The second kappa shape index (κ2) is 11.8. The van der Waals surface area contributed by atoms with Crippen LogP contribution in [0.1, 0.15) is 53.2 Å². The van der Waals surface area contributed by atoms with Gasteiger partial charge in [0.1, 0.15) is 5.82 Å². The number of anilines is 1. The van der Waals surface area contributed by atoms with Gasteiger partial charge in [0.2, 0.25) is 0 Å². The number of halogens is 3. The first-order chi connectivity index (χ1) is 16.6. The average molecular weight is 485 g/mol. The summed E-state index contributed by atoms with van der Waals surface area (Å²) in [6, 6.07) is 10.2. The first-order valence-electron chi connectivity index (χ1n) is 11.7. The third-order valence-corrected chi connectivity index (χ3v) is 5.80. The van der Waals surface area contributed by atoms with E-state index in [0.717, 1.165) is 53.8 Å². The fourth-order valence-electron chi connectivity index (χ4n) is 3.80. The van der Waals surface area contributed by atoms with Crippen molar-refractivity contribution in [1.29, 1.82) is 0 Å². The number of rotatable bonds is 10. The molecule has 2 aromatic heterocycles. The number of hydrogen-bond acceptors (Lipinski definition) is 4. The minimum Gasteiger partial charge on any atom is -0.370 e. The zero-order valence-corrected chi connectivity index (χ0v) is 20.2. The monoisotopic (exact) mass is 484 g/mol. The summed E-state index contributed by atoms with van der Waals surface area (Å²) in [6.07, 6.45) is 2.61. The van der Waals surface area contributed by atoms with Crippen molar-refractivity contribution in [2.75, 3.05) is 18.4 Å². The summed E-state index contributed by atoms with van der Waals surface area (Å²) in [6.45, 7) is 7.23. The van der Waals surface area contributed by atoms with Gasteiger partial charge in [-0.1, -0.05) is 24.6 Å². The number of carbonyl (C=O) groups excluding carboxylic acids is 1. The first-order valence-corrected chi connectivity index (χ1v) is 11.7. The molecule has 3 rings (SSSR count). The van der Waals surface area contributed by atoms with Crippen LogP contribution in [-0.4, -0.2) is 29.0 Å². The fraction of sp³-hybridized carbons (Fsp3) is 0.370. The summed E-state index contributed by atoms with van der Waals surface area (Å²) in [5.74, 6) is 0.713. The van der Waals surface area contributed by atoms with E-state index in [9.17, 15) is 18.0 Å². The van der Waals surface area contributed by atoms with E-state index in [1.807, 2.05) is 38.1 Å². The molecule has 1 unspecified atom stereocenters. The molecule has 0 aliphatic heterocycles. The predicted molar refractivity (Wildman–Crippen MR) is 132 cm³/mol. The van der Waals surface area contributed by atoms with Gasteiger partial charge in [-0.15, -0.1) is 0 Å². The fourth-order valence-corrected chi connectivity index (χ4v) is 3.80. The maximum absolute atomic E-state index is 12.9. The van der Waals surface area contributed by atoms with Crippen LogP contribution in [0.2, 0.25) is 0 Å². The largest absolute Gasteiger partial charge is 0.417 e. The molecule has 0 aliphatic carbocycles. The van der Waals surface area contributed by atoms with Crippen LogP contribution in [0.15, 0.2) is 55.0 Å². The van der Waals surface area contributed by atoms with E-state index in [2.05, 4.69) is 27.5 Å². The van der Waals surface area contributed by atoms with Crippen molar-refractivity contribution in [3.63, 3.8) is 0 Å². The van der Waals surface area contributed by atoms with Gasteiger partial charge >= 0.3 is 6.18 Å². The minimum atomic E-state index is -4.38. The van der Waals surface area contributed by atoms with Crippen molar-refractivity contribution in [2.45, 2.75) is 46.2 Å². The molecule has 0 aliphatic rings. The molecular weight excluding hydrogens is 453 g/mol. The van der Waals surface area contributed by atoms with Gasteiger partial charge in [-0.2, -0.15) is 13.2 Å². The lowest BCUT2D eigenvalue weighted by molar-refractivity contribution is -0.137. The van der Waals surface area contributed by atoms with Gasteiger partial charge in [0.05, 0.1) is 5.56 Å². The smallest absolute Gasteiger partial charge is 0.370 e. The number of benzene rings is 1. The third-order valence-electron chi connectivity index (χ3n) is 5.80. The lowest BCUT2D eigenvalue weighted by atomic mass is 9.97. The van der Waals surface area contributed by atoms with Gasteiger partial charge in [-0.3, -0.25) is 9.78 Å². The second-order valence-electron chi connectivity index (χ2n) is 8.95. The molecule has 8 heteroatoms. The molecule has 5 nitrogen and oxygen atoms in total. The lowest BCUT2D eigenvalue weighted by Gasteiger charge is -2.14. The van der Waals surface area contributed by atoms with E-state index < -0.39 is 11.7 Å². The van der Waals surface area contributed by atoms with Crippen LogP contribution in [0.5, 0.6) is 0 Å². The molecule has 35 heavy (non-hydrogen) atoms. The zero-order chi connectivity index (χ0) is 25.4. The Labute approximate surface area is 204 Å². The van der Waals surface area contributed by atoms with Crippen molar-refractivity contribution < 1.29 is 18.0 Å². The maximum Gasteiger partial charge on any atom is 0.417 e. The normalized spacial score (nSPS) is 12.3. The molecule has 186 valence electrons. The molecule has 0 saturated carbocycles. The predicted octanol–water partition coefficient (Wildman–Crippen LogP) is 6.43. The van der Waals surface area contributed by atoms with Crippen molar-refractivity contribution >= 4 is 11.7 Å². The number of hydrogen-bond donors (Lipinski definition) is 2. The van der Waals surface area contributed by atoms with Crippen LogP contribution in [0.25, 0.3) is 11.1 Å². The highest BCUT2D eigenvalue weighted by Crippen LogP contribution is 2.29. The molecule has 3 aromatic rings. The Morgan fingerprint density at radius 2 is 1.77 bits per heavy atom. The Balaban J connectivity index is 1.43. The molecule has 1 aromatic carbocycles. The minimum absolute atomic E-state index is 0.104. The Morgan fingerprint density at radius 1 is 0.971 bits per heavy atom. The van der Waals surface area contributed by atoms with Gasteiger partial charge in [-0.25, -0.2) is 4.98 Å². The van der Waals surface area contributed by atoms with Crippen molar-refractivity contribution in [3.8, 4) is 11.1 Å². The number of aryl methyl sites for hydroxylation is 2. The number of carbonyl (C=O) groups is 1. The van der Waals surface area contributed by atoms with E-state index >= 15 is 0 Å². The molecule has 0 bridgehead atoms. The number of nitrogens with zero attached hydrogens (tertiary/aromatic N) is 2. The molecule has 0 saturated heterocycles. The second-order valence-corrected chi connectivity index (χ2v) is 8.95. The summed E-state index contributed by atoms with van der Waals surface area (Å²) < 4.78 is 37.8. The van der Waals surface area contributed by atoms with Crippen LogP contribution >= 0.6 is 0 Å². The highest BCUT2D eigenvalue weighted by molar-refractivity contribution is 6.01. The molecule has 1 amide bonds. The summed E-state index contributed by atoms with van der Waals surface area (Å²) in [4.78, 5) is 21.0. The Kier molecular flexibility index (Phi) is 8.84. The van der Waals surface area contributed by atoms with Crippen molar-refractivity contribution in [3.05, 3.63) is 77.2 Å². The summed E-state index contributed by atoms with van der Waals surface area (Å²) in [5, 5.41) is 6.09. The molecular formula is C27H31F3N4O. The van der Waals surface area contributed by atoms with Crippen molar-refractivity contribution in [1.82, 2.24) is 15.3 Å². The highest BCUT2D eigenvalue weighted by atomic mass is 19.4. The summed E-state index contributed by atoms with van der Waals surface area (Å²) in [7, 11) is 0. The topological polar surface area (TPSA) is 66.9 Å². The third kappa shape index (κ3) is 7.80. The van der Waals surface area contributed by atoms with E-state index in [1.165, 1.54) is 6.07 Å². The van der Waals surface area contributed by atoms with Crippen LogP contribution < -0.4 is 10.6 Å². The quantitative estimate of drug-likeness (QED) is 0.326. The van der Waals surface area contributed by atoms with Crippen LogP contribution in [-0.2, 0) is 6.18 Å². The number of amides is 1. The first kappa shape index (κ1) is 26.2. The highest BCUT2D eigenvalue weighted by Gasteiger charge is 2.30. The maximum atomic E-state index is 12.9. The lowest BCUT2D eigenvalue weighted by Crippen LogP contribution is -2.25. The van der Waals surface area contributed by atoms with Gasteiger partial charge < -0.3 is 10.6 Å².